The number of hydrogen-bond donors (Lipinski definition) is 3. The zero-order chi connectivity index (χ0) is 13.5. The summed E-state index contributed by atoms with van der Waals surface area (Å²) in [6, 6.07) is 7.19. The predicted octanol–water partition coefficient (Wildman–Crippen LogP) is 0.508. The Morgan fingerprint density at radius 1 is 1.28 bits per heavy atom. The van der Waals surface area contributed by atoms with Gasteiger partial charge in [0.2, 0.25) is 11.8 Å². The molecule has 0 aliphatic carbocycles. The highest BCUT2D eigenvalue weighted by molar-refractivity contribution is 5.92. The third-order valence-electron chi connectivity index (χ3n) is 2.67. The van der Waals surface area contributed by atoms with Crippen molar-refractivity contribution in [2.45, 2.75) is 13.3 Å². The van der Waals surface area contributed by atoms with Crippen LogP contribution in [0.5, 0.6) is 0 Å². The summed E-state index contributed by atoms with van der Waals surface area (Å²) in [4.78, 5) is 22.8. The molecule has 5 heteroatoms. The van der Waals surface area contributed by atoms with E-state index < -0.39 is 0 Å². The molecule has 98 valence electrons. The zero-order valence-electron chi connectivity index (χ0n) is 10.7. The normalized spacial score (nSPS) is 11.7. The Balaban J connectivity index is 2.60. The van der Waals surface area contributed by atoms with Crippen LogP contribution in [-0.4, -0.2) is 25.4 Å². The van der Waals surface area contributed by atoms with Gasteiger partial charge in [0.15, 0.2) is 0 Å². The molecular formula is C13H19N3O2. The van der Waals surface area contributed by atoms with Gasteiger partial charge in [-0.1, -0.05) is 19.1 Å². The van der Waals surface area contributed by atoms with Gasteiger partial charge in [0.1, 0.15) is 0 Å². The van der Waals surface area contributed by atoms with E-state index in [9.17, 15) is 9.59 Å². The van der Waals surface area contributed by atoms with E-state index in [1.165, 1.54) is 0 Å². The molecule has 0 aliphatic heterocycles. The quantitative estimate of drug-likeness (QED) is 0.711. The first kappa shape index (κ1) is 14.2. The highest BCUT2D eigenvalue weighted by atomic mass is 16.2. The van der Waals surface area contributed by atoms with Crippen molar-refractivity contribution in [3.8, 4) is 0 Å². The maximum absolute atomic E-state index is 11.6. The van der Waals surface area contributed by atoms with Crippen molar-refractivity contribution in [1.82, 2.24) is 5.32 Å². The molecule has 1 atom stereocenters. The summed E-state index contributed by atoms with van der Waals surface area (Å²) < 4.78 is 0. The summed E-state index contributed by atoms with van der Waals surface area (Å²) in [5.74, 6) is -0.351. The number of nitrogens with one attached hydrogen (secondary N) is 2. The zero-order valence-corrected chi connectivity index (χ0v) is 10.7. The predicted molar refractivity (Wildman–Crippen MR) is 71.1 cm³/mol. The molecular weight excluding hydrogens is 230 g/mol. The third kappa shape index (κ3) is 4.18. The fourth-order valence-electron chi connectivity index (χ4n) is 1.35. The van der Waals surface area contributed by atoms with Crippen LogP contribution in [0, 0.1) is 5.92 Å². The van der Waals surface area contributed by atoms with Crippen LogP contribution in [0.25, 0.3) is 0 Å². The lowest BCUT2D eigenvalue weighted by atomic mass is 10.1. The maximum atomic E-state index is 11.6. The number of carbonyl (C=O) groups is 2. The minimum atomic E-state index is -0.212. The van der Waals surface area contributed by atoms with Crippen molar-refractivity contribution >= 4 is 17.5 Å². The van der Waals surface area contributed by atoms with Gasteiger partial charge in [-0.2, -0.15) is 0 Å². The Bertz CT molecular complexity index is 415. The van der Waals surface area contributed by atoms with E-state index in [1.807, 2.05) is 12.1 Å². The molecule has 0 heterocycles. The van der Waals surface area contributed by atoms with E-state index >= 15 is 0 Å². The second-order valence-electron chi connectivity index (χ2n) is 4.17. The smallest absolute Gasteiger partial charge is 0.228 e. The van der Waals surface area contributed by atoms with Crippen LogP contribution >= 0.6 is 0 Å². The second kappa shape index (κ2) is 6.76. The Morgan fingerprint density at radius 2 is 1.89 bits per heavy atom. The molecule has 1 aromatic carbocycles. The molecule has 0 aromatic heterocycles. The number of rotatable bonds is 5. The minimum Gasteiger partial charge on any atom is -0.359 e. The van der Waals surface area contributed by atoms with Gasteiger partial charge < -0.3 is 16.4 Å². The number of benzene rings is 1. The Morgan fingerprint density at radius 3 is 2.39 bits per heavy atom. The summed E-state index contributed by atoms with van der Waals surface area (Å²) >= 11 is 0. The average molecular weight is 249 g/mol. The van der Waals surface area contributed by atoms with Gasteiger partial charge in [0.05, 0.1) is 6.42 Å². The van der Waals surface area contributed by atoms with Gasteiger partial charge >= 0.3 is 0 Å². The topological polar surface area (TPSA) is 84.2 Å². The van der Waals surface area contributed by atoms with E-state index in [0.29, 0.717) is 18.7 Å². The molecule has 1 unspecified atom stereocenters. The fourth-order valence-corrected chi connectivity index (χ4v) is 1.35. The molecule has 1 rings (SSSR count). The molecule has 0 fully saturated rings. The summed E-state index contributed by atoms with van der Waals surface area (Å²) in [6.07, 6.45) is 0.337. The molecule has 4 N–H and O–H groups in total. The van der Waals surface area contributed by atoms with Crippen LogP contribution in [0.4, 0.5) is 5.69 Å². The van der Waals surface area contributed by atoms with Gasteiger partial charge in [-0.05, 0) is 17.7 Å². The highest BCUT2D eigenvalue weighted by Crippen LogP contribution is 2.11. The summed E-state index contributed by atoms with van der Waals surface area (Å²) in [7, 11) is 1.60. The number of likely N-dealkylation sites (N-methyl/N-ethyl adjacent to an activating group) is 1. The van der Waals surface area contributed by atoms with Crippen molar-refractivity contribution in [3.63, 3.8) is 0 Å². The van der Waals surface area contributed by atoms with Crippen LogP contribution in [0.1, 0.15) is 12.5 Å². The first-order valence-corrected chi connectivity index (χ1v) is 5.87. The Kier molecular flexibility index (Phi) is 5.32. The number of amides is 2. The molecule has 18 heavy (non-hydrogen) atoms. The van der Waals surface area contributed by atoms with Crippen LogP contribution in [-0.2, 0) is 16.0 Å². The van der Waals surface area contributed by atoms with E-state index in [-0.39, 0.29) is 17.7 Å². The van der Waals surface area contributed by atoms with E-state index in [4.69, 9.17) is 5.73 Å². The van der Waals surface area contributed by atoms with E-state index in [1.54, 1.807) is 26.1 Å². The highest BCUT2D eigenvalue weighted by Gasteiger charge is 2.10. The molecule has 2 amide bonds. The van der Waals surface area contributed by atoms with Crippen molar-refractivity contribution in [3.05, 3.63) is 29.8 Å². The summed E-state index contributed by atoms with van der Waals surface area (Å²) in [5.41, 5.74) is 7.03. The molecule has 5 nitrogen and oxygen atoms in total. The Hall–Kier alpha value is -1.88. The molecule has 0 saturated heterocycles. The number of nitrogens with two attached hydrogens (primary N) is 1. The van der Waals surface area contributed by atoms with E-state index in [0.717, 1.165) is 5.56 Å². The lowest BCUT2D eigenvalue weighted by Gasteiger charge is -2.10. The van der Waals surface area contributed by atoms with Gasteiger partial charge in [-0.3, -0.25) is 9.59 Å². The van der Waals surface area contributed by atoms with Crippen LogP contribution < -0.4 is 16.4 Å². The molecule has 0 saturated carbocycles. The summed E-state index contributed by atoms with van der Waals surface area (Å²) in [5, 5.41) is 5.33. The van der Waals surface area contributed by atoms with Gasteiger partial charge in [0, 0.05) is 25.2 Å². The van der Waals surface area contributed by atoms with Gasteiger partial charge in [0.25, 0.3) is 0 Å². The monoisotopic (exact) mass is 249 g/mol. The summed E-state index contributed by atoms with van der Waals surface area (Å²) in [6.45, 7) is 2.09. The number of carbonyl (C=O) groups excluding carboxylic acids is 2. The van der Waals surface area contributed by atoms with E-state index in [2.05, 4.69) is 10.6 Å². The maximum Gasteiger partial charge on any atom is 0.228 e. The molecule has 0 radical (unpaired) electrons. The fraction of sp³-hybridized carbons (Fsp3) is 0.385. The first-order chi connectivity index (χ1) is 8.56. The van der Waals surface area contributed by atoms with Gasteiger partial charge in [-0.15, -0.1) is 0 Å². The average Bonchev–Trinajstić information content (AvgIpc) is 2.39. The minimum absolute atomic E-state index is 0.0384. The molecule has 0 bridgehead atoms. The van der Waals surface area contributed by atoms with Crippen molar-refractivity contribution in [2.24, 2.45) is 11.7 Å². The van der Waals surface area contributed by atoms with Gasteiger partial charge in [-0.25, -0.2) is 0 Å². The van der Waals surface area contributed by atoms with Crippen LogP contribution in [0.2, 0.25) is 0 Å². The van der Waals surface area contributed by atoms with Crippen molar-refractivity contribution < 1.29 is 9.59 Å². The molecule has 0 aliphatic rings. The SMILES string of the molecule is CNC(=O)Cc1ccc(NC(=O)C(C)CN)cc1. The second-order valence-corrected chi connectivity index (χ2v) is 4.17. The third-order valence-corrected chi connectivity index (χ3v) is 2.67. The largest absolute Gasteiger partial charge is 0.359 e. The Labute approximate surface area is 107 Å². The molecule has 0 spiro atoms. The molecule has 1 aromatic rings. The number of hydrogen-bond acceptors (Lipinski definition) is 3. The standard InChI is InChI=1S/C13H19N3O2/c1-9(8-14)13(18)16-11-5-3-10(4-6-11)7-12(17)15-2/h3-6,9H,7-8,14H2,1-2H3,(H,15,17)(H,16,18). The lowest BCUT2D eigenvalue weighted by molar-refractivity contribution is -0.120. The van der Waals surface area contributed by atoms with Crippen molar-refractivity contribution in [2.75, 3.05) is 18.9 Å². The first-order valence-electron chi connectivity index (χ1n) is 5.87. The van der Waals surface area contributed by atoms with Crippen LogP contribution in [0.3, 0.4) is 0 Å². The number of anilines is 1. The lowest BCUT2D eigenvalue weighted by Crippen LogP contribution is -2.26. The van der Waals surface area contributed by atoms with Crippen molar-refractivity contribution in [1.29, 1.82) is 0 Å². The van der Waals surface area contributed by atoms with Crippen LogP contribution in [0.15, 0.2) is 24.3 Å².